The van der Waals surface area contributed by atoms with Gasteiger partial charge in [0, 0.05) is 5.56 Å². The molecule has 0 heterocycles. The van der Waals surface area contributed by atoms with Crippen molar-refractivity contribution in [2.75, 3.05) is 7.11 Å². The molecule has 21 heavy (non-hydrogen) atoms. The maximum Gasteiger partial charge on any atom is 0.185 e. The highest BCUT2D eigenvalue weighted by Crippen LogP contribution is 2.26. The molecule has 3 heteroatoms. The zero-order chi connectivity index (χ0) is 15.4. The van der Waals surface area contributed by atoms with E-state index in [1.165, 1.54) is 25.3 Å². The minimum Gasteiger partial charge on any atom is -0.504 e. The first kappa shape index (κ1) is 14.9. The normalized spacial score (nSPS) is 10.8. The molecule has 0 fully saturated rings. The number of carbonyl (C=O) groups excluding carboxylic acids is 1. The van der Waals surface area contributed by atoms with Crippen molar-refractivity contribution in [1.29, 1.82) is 0 Å². The van der Waals surface area contributed by atoms with Gasteiger partial charge in [-0.15, -0.1) is 0 Å². The lowest BCUT2D eigenvalue weighted by Crippen LogP contribution is -1.95. The smallest absolute Gasteiger partial charge is 0.185 e. The molecule has 2 rings (SSSR count). The molecule has 0 unspecified atom stereocenters. The van der Waals surface area contributed by atoms with Crippen LogP contribution in [-0.4, -0.2) is 18.0 Å². The molecule has 0 radical (unpaired) electrons. The number of benzene rings is 2. The van der Waals surface area contributed by atoms with Crippen molar-refractivity contribution in [1.82, 2.24) is 0 Å². The van der Waals surface area contributed by atoms with E-state index in [1.54, 1.807) is 6.07 Å². The Morgan fingerprint density at radius 3 is 2.62 bits per heavy atom. The Morgan fingerprint density at radius 1 is 1.14 bits per heavy atom. The lowest BCUT2D eigenvalue weighted by molar-refractivity contribution is 0.104. The van der Waals surface area contributed by atoms with Gasteiger partial charge in [0.2, 0.25) is 0 Å². The predicted octanol–water partition coefficient (Wildman–Crippen LogP) is 3.91. The molecule has 0 aliphatic heterocycles. The molecular weight excluding hydrogens is 264 g/mol. The summed E-state index contributed by atoms with van der Waals surface area (Å²) in [6.07, 6.45) is 3.34. The Bertz CT molecular complexity index is 700. The Labute approximate surface area is 124 Å². The summed E-state index contributed by atoms with van der Waals surface area (Å²) in [7, 11) is 1.45. The molecule has 3 nitrogen and oxygen atoms in total. The molecule has 0 spiro atoms. The lowest BCUT2D eigenvalue weighted by atomic mass is 10.0. The number of phenols is 1. The number of aromatic hydroxyl groups is 1. The Kier molecular flexibility index (Phi) is 4.43. The van der Waals surface area contributed by atoms with E-state index in [4.69, 9.17) is 4.74 Å². The predicted molar refractivity (Wildman–Crippen MR) is 83.9 cm³/mol. The zero-order valence-corrected chi connectivity index (χ0v) is 12.4. The molecule has 1 N–H and O–H groups in total. The number of allylic oxidation sites excluding steroid dienone is 1. The first-order valence-corrected chi connectivity index (χ1v) is 6.68. The summed E-state index contributed by atoms with van der Waals surface area (Å²) in [5.41, 5.74) is 3.77. The van der Waals surface area contributed by atoms with Crippen molar-refractivity contribution in [3.05, 3.63) is 64.7 Å². The second kappa shape index (κ2) is 6.27. The van der Waals surface area contributed by atoms with Crippen molar-refractivity contribution in [2.45, 2.75) is 13.8 Å². The van der Waals surface area contributed by atoms with Gasteiger partial charge in [-0.2, -0.15) is 0 Å². The number of ether oxygens (including phenoxy) is 1. The van der Waals surface area contributed by atoms with Crippen LogP contribution < -0.4 is 4.74 Å². The minimum absolute atomic E-state index is 0.0209. The van der Waals surface area contributed by atoms with E-state index in [0.29, 0.717) is 11.3 Å². The first-order chi connectivity index (χ1) is 10.0. The van der Waals surface area contributed by atoms with Crippen LogP contribution in [-0.2, 0) is 0 Å². The number of rotatable bonds is 4. The van der Waals surface area contributed by atoms with E-state index in [1.807, 2.05) is 38.1 Å². The molecule has 0 aliphatic carbocycles. The van der Waals surface area contributed by atoms with Gasteiger partial charge in [-0.1, -0.05) is 29.8 Å². The number of phenolic OH excluding ortho intramolecular Hbond substituents is 1. The van der Waals surface area contributed by atoms with Gasteiger partial charge in [-0.05, 0) is 49.2 Å². The molecule has 0 saturated carbocycles. The van der Waals surface area contributed by atoms with Crippen molar-refractivity contribution in [3.63, 3.8) is 0 Å². The number of carbonyl (C=O) groups is 1. The maximum atomic E-state index is 12.2. The number of hydrogen-bond donors (Lipinski definition) is 1. The second-order valence-corrected chi connectivity index (χ2v) is 4.94. The molecule has 0 aromatic heterocycles. The molecule has 0 aliphatic rings. The van der Waals surface area contributed by atoms with Crippen LogP contribution in [0.3, 0.4) is 0 Å². The highest BCUT2D eigenvalue weighted by Gasteiger charge is 2.07. The third-order valence-corrected chi connectivity index (χ3v) is 3.31. The Balaban J connectivity index is 2.25. The van der Waals surface area contributed by atoms with Crippen LogP contribution in [0, 0.1) is 13.8 Å². The topological polar surface area (TPSA) is 46.5 Å². The van der Waals surface area contributed by atoms with Gasteiger partial charge in [0.25, 0.3) is 0 Å². The van der Waals surface area contributed by atoms with Crippen LogP contribution in [0.15, 0.2) is 42.5 Å². The Hall–Kier alpha value is -2.55. The van der Waals surface area contributed by atoms with Crippen molar-refractivity contribution in [3.8, 4) is 11.5 Å². The van der Waals surface area contributed by atoms with Gasteiger partial charge >= 0.3 is 0 Å². The second-order valence-electron chi connectivity index (χ2n) is 4.94. The van der Waals surface area contributed by atoms with Crippen LogP contribution in [0.5, 0.6) is 11.5 Å². The summed E-state index contributed by atoms with van der Waals surface area (Å²) in [6.45, 7) is 4.02. The standard InChI is InChI=1S/C18H18O3/c1-12-4-5-13(2)14(10-12)6-8-16(19)15-7-9-17(20)18(11-15)21-3/h4-11,20H,1-3H3/b8-6+. The molecular formula is C18H18O3. The maximum absolute atomic E-state index is 12.2. The summed E-state index contributed by atoms with van der Waals surface area (Å²) < 4.78 is 5.01. The van der Waals surface area contributed by atoms with E-state index in [2.05, 4.69) is 0 Å². The number of ketones is 1. The molecule has 2 aromatic rings. The minimum atomic E-state index is -0.130. The fraction of sp³-hybridized carbons (Fsp3) is 0.167. The van der Waals surface area contributed by atoms with Crippen LogP contribution in [0.1, 0.15) is 27.0 Å². The first-order valence-electron chi connectivity index (χ1n) is 6.68. The SMILES string of the molecule is COc1cc(C(=O)/C=C/c2cc(C)ccc2C)ccc1O. The van der Waals surface area contributed by atoms with Crippen molar-refractivity contribution >= 4 is 11.9 Å². The van der Waals surface area contributed by atoms with Gasteiger partial charge in [0.15, 0.2) is 17.3 Å². The van der Waals surface area contributed by atoms with Crippen LogP contribution in [0.25, 0.3) is 6.08 Å². The molecule has 108 valence electrons. The molecule has 0 atom stereocenters. The Morgan fingerprint density at radius 2 is 1.90 bits per heavy atom. The average molecular weight is 282 g/mol. The summed E-state index contributed by atoms with van der Waals surface area (Å²) in [5.74, 6) is 0.183. The zero-order valence-electron chi connectivity index (χ0n) is 12.4. The fourth-order valence-electron chi connectivity index (χ4n) is 2.03. The van der Waals surface area contributed by atoms with Crippen LogP contribution >= 0.6 is 0 Å². The van der Waals surface area contributed by atoms with E-state index >= 15 is 0 Å². The number of aryl methyl sites for hydroxylation is 2. The van der Waals surface area contributed by atoms with Gasteiger partial charge < -0.3 is 9.84 Å². The third kappa shape index (κ3) is 3.51. The highest BCUT2D eigenvalue weighted by atomic mass is 16.5. The summed E-state index contributed by atoms with van der Waals surface area (Å²) in [5, 5.41) is 9.54. The average Bonchev–Trinajstić information content (AvgIpc) is 2.48. The van der Waals surface area contributed by atoms with Crippen molar-refractivity contribution < 1.29 is 14.6 Å². The fourth-order valence-corrected chi connectivity index (χ4v) is 2.03. The summed E-state index contributed by atoms with van der Waals surface area (Å²) in [4.78, 5) is 12.2. The summed E-state index contributed by atoms with van der Waals surface area (Å²) in [6, 6.07) is 10.7. The van der Waals surface area contributed by atoms with Gasteiger partial charge in [-0.3, -0.25) is 4.79 Å². The largest absolute Gasteiger partial charge is 0.504 e. The van der Waals surface area contributed by atoms with E-state index in [-0.39, 0.29) is 11.5 Å². The van der Waals surface area contributed by atoms with E-state index < -0.39 is 0 Å². The van der Waals surface area contributed by atoms with Gasteiger partial charge in [-0.25, -0.2) is 0 Å². The molecule has 2 aromatic carbocycles. The molecule has 0 saturated heterocycles. The lowest BCUT2D eigenvalue weighted by Gasteiger charge is -2.05. The van der Waals surface area contributed by atoms with Crippen molar-refractivity contribution in [2.24, 2.45) is 0 Å². The molecule has 0 amide bonds. The monoisotopic (exact) mass is 282 g/mol. The number of methoxy groups -OCH3 is 1. The summed E-state index contributed by atoms with van der Waals surface area (Å²) >= 11 is 0. The third-order valence-electron chi connectivity index (χ3n) is 3.31. The van der Waals surface area contributed by atoms with Crippen LogP contribution in [0.2, 0.25) is 0 Å². The van der Waals surface area contributed by atoms with Gasteiger partial charge in [0.1, 0.15) is 0 Å². The van der Waals surface area contributed by atoms with Crippen LogP contribution in [0.4, 0.5) is 0 Å². The molecule has 0 bridgehead atoms. The van der Waals surface area contributed by atoms with E-state index in [0.717, 1.165) is 16.7 Å². The highest BCUT2D eigenvalue weighted by molar-refractivity contribution is 6.07. The van der Waals surface area contributed by atoms with Gasteiger partial charge in [0.05, 0.1) is 7.11 Å². The van der Waals surface area contributed by atoms with E-state index in [9.17, 15) is 9.90 Å². The number of hydrogen-bond acceptors (Lipinski definition) is 3. The quantitative estimate of drug-likeness (QED) is 0.683.